The van der Waals surface area contributed by atoms with Gasteiger partial charge in [0.05, 0.1) is 13.0 Å². The first-order chi connectivity index (χ1) is 6.95. The second kappa shape index (κ2) is 7.11. The lowest BCUT2D eigenvalue weighted by atomic mass is 10.1. The fraction of sp³-hybridized carbons (Fsp3) is 0.556. The summed E-state index contributed by atoms with van der Waals surface area (Å²) in [5.74, 6) is -0.941. The van der Waals surface area contributed by atoms with Crippen LogP contribution < -0.4 is 10.6 Å². The van der Waals surface area contributed by atoms with Gasteiger partial charge in [-0.3, -0.25) is 4.79 Å². The number of hydrogen-bond acceptors (Lipinski definition) is 2. The summed E-state index contributed by atoms with van der Waals surface area (Å²) in [7, 11) is 0. The van der Waals surface area contributed by atoms with Crippen LogP contribution in [0.4, 0.5) is 4.79 Å². The molecular weight excluding hydrogens is 220 g/mol. The summed E-state index contributed by atoms with van der Waals surface area (Å²) in [6.07, 6.45) is 0.466. The molecule has 3 N–H and O–H groups in total. The summed E-state index contributed by atoms with van der Waals surface area (Å²) in [5, 5.41) is 13.8. The van der Waals surface area contributed by atoms with Crippen LogP contribution in [0.25, 0.3) is 0 Å². The molecule has 0 saturated carbocycles. The van der Waals surface area contributed by atoms with Gasteiger partial charge in [0, 0.05) is 11.1 Å². The normalized spacial score (nSPS) is 11.6. The number of carbonyl (C=O) groups excluding carboxylic acids is 1. The monoisotopic (exact) mass is 234 g/mol. The van der Waals surface area contributed by atoms with Crippen LogP contribution in [-0.2, 0) is 4.79 Å². The molecule has 2 amide bonds. The lowest BCUT2D eigenvalue weighted by molar-refractivity contribution is -0.137. The van der Waals surface area contributed by atoms with Crippen molar-refractivity contribution in [2.75, 3.05) is 6.54 Å². The number of halogens is 1. The average Bonchev–Trinajstić information content (AvgIpc) is 2.13. The molecule has 0 rings (SSSR count). The SMILES string of the molecule is C=C(Cl)CNC(=O)NC(CC)CC(=O)O. The third-order valence-corrected chi connectivity index (χ3v) is 1.82. The largest absolute Gasteiger partial charge is 0.481 e. The number of urea groups is 1. The molecule has 0 radical (unpaired) electrons. The Hall–Kier alpha value is -1.23. The van der Waals surface area contributed by atoms with Crippen molar-refractivity contribution in [3.8, 4) is 0 Å². The average molecular weight is 235 g/mol. The second-order valence-corrected chi connectivity index (χ2v) is 3.58. The molecule has 0 aromatic heterocycles. The lowest BCUT2D eigenvalue weighted by Gasteiger charge is -2.15. The van der Waals surface area contributed by atoms with Gasteiger partial charge in [0.25, 0.3) is 0 Å². The smallest absolute Gasteiger partial charge is 0.315 e. The molecule has 86 valence electrons. The van der Waals surface area contributed by atoms with E-state index in [2.05, 4.69) is 17.2 Å². The highest BCUT2D eigenvalue weighted by atomic mass is 35.5. The molecular formula is C9H15ClN2O3. The molecule has 5 nitrogen and oxygen atoms in total. The number of carboxylic acid groups (broad SMARTS) is 1. The van der Waals surface area contributed by atoms with E-state index in [-0.39, 0.29) is 19.0 Å². The van der Waals surface area contributed by atoms with Crippen LogP contribution in [0.15, 0.2) is 11.6 Å². The number of aliphatic carboxylic acids is 1. The highest BCUT2D eigenvalue weighted by Gasteiger charge is 2.13. The van der Waals surface area contributed by atoms with Crippen LogP contribution in [0, 0.1) is 0 Å². The van der Waals surface area contributed by atoms with E-state index in [1.807, 2.05) is 0 Å². The molecule has 0 heterocycles. The number of nitrogens with one attached hydrogen (secondary N) is 2. The van der Waals surface area contributed by atoms with Gasteiger partial charge in [-0.2, -0.15) is 0 Å². The molecule has 15 heavy (non-hydrogen) atoms. The summed E-state index contributed by atoms with van der Waals surface area (Å²) in [4.78, 5) is 21.6. The van der Waals surface area contributed by atoms with E-state index in [0.29, 0.717) is 11.5 Å². The Kier molecular flexibility index (Phi) is 6.53. The molecule has 1 atom stereocenters. The van der Waals surface area contributed by atoms with Gasteiger partial charge in [-0.05, 0) is 6.42 Å². The zero-order chi connectivity index (χ0) is 11.8. The van der Waals surface area contributed by atoms with E-state index in [9.17, 15) is 9.59 Å². The van der Waals surface area contributed by atoms with Gasteiger partial charge < -0.3 is 15.7 Å². The molecule has 0 aromatic rings. The van der Waals surface area contributed by atoms with E-state index in [0.717, 1.165) is 0 Å². The third kappa shape index (κ3) is 7.81. The first kappa shape index (κ1) is 13.8. The van der Waals surface area contributed by atoms with Crippen molar-refractivity contribution in [2.45, 2.75) is 25.8 Å². The predicted octanol–water partition coefficient (Wildman–Crippen LogP) is 1.29. The predicted molar refractivity (Wildman–Crippen MR) is 57.9 cm³/mol. The van der Waals surface area contributed by atoms with E-state index in [4.69, 9.17) is 16.7 Å². The van der Waals surface area contributed by atoms with E-state index in [1.54, 1.807) is 6.92 Å². The van der Waals surface area contributed by atoms with Crippen LogP contribution in [0.5, 0.6) is 0 Å². The van der Waals surface area contributed by atoms with Crippen LogP contribution in [0.2, 0.25) is 0 Å². The molecule has 0 spiro atoms. The molecule has 0 aromatic carbocycles. The first-order valence-corrected chi connectivity index (χ1v) is 4.93. The van der Waals surface area contributed by atoms with Gasteiger partial charge in [0.1, 0.15) is 0 Å². The van der Waals surface area contributed by atoms with Crippen molar-refractivity contribution in [3.63, 3.8) is 0 Å². The van der Waals surface area contributed by atoms with Crippen molar-refractivity contribution < 1.29 is 14.7 Å². The summed E-state index contributed by atoms with van der Waals surface area (Å²) in [6.45, 7) is 5.37. The molecule has 0 aliphatic heterocycles. The minimum absolute atomic E-state index is 0.0915. The number of carboxylic acids is 1. The maximum absolute atomic E-state index is 11.2. The van der Waals surface area contributed by atoms with Crippen LogP contribution >= 0.6 is 11.6 Å². The molecule has 0 fully saturated rings. The Morgan fingerprint density at radius 2 is 2.13 bits per heavy atom. The zero-order valence-corrected chi connectivity index (χ0v) is 9.30. The van der Waals surface area contributed by atoms with Gasteiger partial charge in [0.2, 0.25) is 0 Å². The summed E-state index contributed by atoms with van der Waals surface area (Å²) in [5.41, 5.74) is 0. The highest BCUT2D eigenvalue weighted by molar-refractivity contribution is 6.29. The number of rotatable bonds is 6. The molecule has 0 bridgehead atoms. The number of carbonyl (C=O) groups is 2. The molecule has 1 unspecified atom stereocenters. The van der Waals surface area contributed by atoms with Crippen molar-refractivity contribution in [1.29, 1.82) is 0 Å². The Bertz CT molecular complexity index is 256. The topological polar surface area (TPSA) is 78.4 Å². The first-order valence-electron chi connectivity index (χ1n) is 4.55. The van der Waals surface area contributed by atoms with Crippen LogP contribution in [-0.4, -0.2) is 29.7 Å². The maximum atomic E-state index is 11.2. The Balaban J connectivity index is 3.90. The summed E-state index contributed by atoms with van der Waals surface area (Å²) < 4.78 is 0. The van der Waals surface area contributed by atoms with Gasteiger partial charge in [-0.1, -0.05) is 25.1 Å². The fourth-order valence-electron chi connectivity index (χ4n) is 0.921. The Morgan fingerprint density at radius 3 is 2.53 bits per heavy atom. The third-order valence-electron chi connectivity index (χ3n) is 1.69. The van der Waals surface area contributed by atoms with Crippen LogP contribution in [0.3, 0.4) is 0 Å². The Morgan fingerprint density at radius 1 is 1.53 bits per heavy atom. The fourth-order valence-corrected chi connectivity index (χ4v) is 0.988. The Labute approximate surface area is 93.5 Å². The second-order valence-electron chi connectivity index (χ2n) is 3.05. The van der Waals surface area contributed by atoms with Crippen LogP contribution in [0.1, 0.15) is 19.8 Å². The molecule has 6 heteroatoms. The quantitative estimate of drug-likeness (QED) is 0.648. The maximum Gasteiger partial charge on any atom is 0.315 e. The molecule has 0 aliphatic carbocycles. The zero-order valence-electron chi connectivity index (χ0n) is 8.55. The minimum atomic E-state index is -0.941. The molecule has 0 saturated heterocycles. The van der Waals surface area contributed by atoms with E-state index < -0.39 is 12.0 Å². The van der Waals surface area contributed by atoms with Crippen molar-refractivity contribution in [2.24, 2.45) is 0 Å². The number of amides is 2. The summed E-state index contributed by atoms with van der Waals surface area (Å²) in [6, 6.07) is -0.809. The van der Waals surface area contributed by atoms with Gasteiger partial charge in [0.15, 0.2) is 0 Å². The van der Waals surface area contributed by atoms with Crippen molar-refractivity contribution in [1.82, 2.24) is 10.6 Å². The summed E-state index contributed by atoms with van der Waals surface area (Å²) >= 11 is 5.45. The lowest BCUT2D eigenvalue weighted by Crippen LogP contribution is -2.43. The van der Waals surface area contributed by atoms with Gasteiger partial charge >= 0.3 is 12.0 Å². The van der Waals surface area contributed by atoms with Crippen molar-refractivity contribution in [3.05, 3.63) is 11.6 Å². The van der Waals surface area contributed by atoms with E-state index >= 15 is 0 Å². The van der Waals surface area contributed by atoms with E-state index in [1.165, 1.54) is 0 Å². The van der Waals surface area contributed by atoms with Gasteiger partial charge in [-0.25, -0.2) is 4.79 Å². The standard InChI is InChI=1S/C9H15ClN2O3/c1-3-7(4-8(13)14)12-9(15)11-5-6(2)10/h7H,2-5H2,1H3,(H,13,14)(H2,11,12,15). The number of hydrogen-bond donors (Lipinski definition) is 3. The van der Waals surface area contributed by atoms with Crippen molar-refractivity contribution >= 4 is 23.6 Å². The highest BCUT2D eigenvalue weighted by Crippen LogP contribution is 1.97. The van der Waals surface area contributed by atoms with Gasteiger partial charge in [-0.15, -0.1) is 0 Å². The molecule has 0 aliphatic rings. The minimum Gasteiger partial charge on any atom is -0.481 e.